The summed E-state index contributed by atoms with van der Waals surface area (Å²) in [4.78, 5) is 0. The third-order valence-corrected chi connectivity index (χ3v) is 4.41. The highest BCUT2D eigenvalue weighted by Crippen LogP contribution is 2.66. The molecule has 2 nitrogen and oxygen atoms in total. The molecule has 0 aromatic heterocycles. The number of aliphatic hydroxyl groups is 1. The van der Waals surface area contributed by atoms with Gasteiger partial charge in [-0.15, -0.1) is 0 Å². The van der Waals surface area contributed by atoms with E-state index >= 15 is 0 Å². The minimum atomic E-state index is -0.542. The molecule has 1 aromatic rings. The number of methoxy groups -OCH3 is 1. The highest BCUT2D eigenvalue weighted by molar-refractivity contribution is 5.43. The van der Waals surface area contributed by atoms with Crippen molar-refractivity contribution >= 4 is 0 Å². The van der Waals surface area contributed by atoms with E-state index in [1.807, 2.05) is 19.1 Å². The van der Waals surface area contributed by atoms with Gasteiger partial charge in [-0.25, -0.2) is 0 Å². The van der Waals surface area contributed by atoms with E-state index in [-0.39, 0.29) is 0 Å². The molecule has 2 aliphatic carbocycles. The molecule has 2 aliphatic rings. The maximum absolute atomic E-state index is 10.6. The zero-order chi connectivity index (χ0) is 11.3. The van der Waals surface area contributed by atoms with Crippen LogP contribution in [0.25, 0.3) is 0 Å². The predicted octanol–water partition coefficient (Wildman–Crippen LogP) is 2.62. The van der Waals surface area contributed by atoms with Crippen molar-refractivity contribution in [1.82, 2.24) is 0 Å². The first-order valence-corrected chi connectivity index (χ1v) is 6.05. The van der Waals surface area contributed by atoms with Crippen LogP contribution in [0, 0.1) is 18.8 Å². The van der Waals surface area contributed by atoms with E-state index in [1.54, 1.807) is 7.11 Å². The topological polar surface area (TPSA) is 29.5 Å². The van der Waals surface area contributed by atoms with Gasteiger partial charge in [0, 0.05) is 0 Å². The van der Waals surface area contributed by atoms with E-state index in [2.05, 4.69) is 6.07 Å². The van der Waals surface area contributed by atoms with Crippen LogP contribution in [-0.2, 0) is 5.60 Å². The quantitative estimate of drug-likeness (QED) is 0.826. The van der Waals surface area contributed by atoms with Gasteiger partial charge in [0.15, 0.2) is 0 Å². The molecule has 2 saturated carbocycles. The minimum Gasteiger partial charge on any atom is -0.496 e. The van der Waals surface area contributed by atoms with Gasteiger partial charge in [-0.1, -0.05) is 18.6 Å². The predicted molar refractivity (Wildman–Crippen MR) is 62.5 cm³/mol. The fourth-order valence-corrected chi connectivity index (χ4v) is 3.42. The van der Waals surface area contributed by atoms with Crippen LogP contribution in [0.4, 0.5) is 0 Å². The zero-order valence-electron chi connectivity index (χ0n) is 9.86. The van der Waals surface area contributed by atoms with Crippen LogP contribution >= 0.6 is 0 Å². The van der Waals surface area contributed by atoms with Gasteiger partial charge in [0.2, 0.25) is 0 Å². The highest BCUT2D eigenvalue weighted by atomic mass is 16.5. The first kappa shape index (κ1) is 10.2. The molecule has 1 aromatic carbocycles. The summed E-state index contributed by atoms with van der Waals surface area (Å²) in [7, 11) is 1.68. The molecule has 2 atom stereocenters. The van der Waals surface area contributed by atoms with Crippen LogP contribution in [-0.4, -0.2) is 12.2 Å². The molecule has 0 spiro atoms. The summed E-state index contributed by atoms with van der Waals surface area (Å²) in [6.45, 7) is 2.03. The molecule has 2 unspecified atom stereocenters. The van der Waals surface area contributed by atoms with Gasteiger partial charge >= 0.3 is 0 Å². The van der Waals surface area contributed by atoms with E-state index in [9.17, 15) is 5.11 Å². The largest absolute Gasteiger partial charge is 0.496 e. The number of fused-ring (bicyclic) bond motifs is 1. The van der Waals surface area contributed by atoms with Crippen molar-refractivity contribution in [2.75, 3.05) is 7.11 Å². The van der Waals surface area contributed by atoms with E-state index < -0.39 is 5.60 Å². The Morgan fingerprint density at radius 1 is 1.31 bits per heavy atom. The van der Waals surface area contributed by atoms with Crippen molar-refractivity contribution in [3.63, 3.8) is 0 Å². The summed E-state index contributed by atoms with van der Waals surface area (Å²) >= 11 is 0. The van der Waals surface area contributed by atoms with Crippen LogP contribution in [0.3, 0.4) is 0 Å². The summed E-state index contributed by atoms with van der Waals surface area (Å²) in [5.41, 5.74) is 1.63. The SMILES string of the molecule is COc1cc(C2(O)C3CCCC32)ccc1C. The average molecular weight is 218 g/mol. The molecule has 16 heavy (non-hydrogen) atoms. The number of hydrogen-bond acceptors (Lipinski definition) is 2. The number of benzene rings is 1. The van der Waals surface area contributed by atoms with Gasteiger partial charge in [0.1, 0.15) is 5.75 Å². The summed E-state index contributed by atoms with van der Waals surface area (Å²) in [6, 6.07) is 6.10. The second-order valence-electron chi connectivity index (χ2n) is 5.15. The number of hydrogen-bond donors (Lipinski definition) is 1. The summed E-state index contributed by atoms with van der Waals surface area (Å²) < 4.78 is 5.32. The average Bonchev–Trinajstić information content (AvgIpc) is 2.69. The van der Waals surface area contributed by atoms with Gasteiger partial charge < -0.3 is 9.84 Å². The molecule has 0 radical (unpaired) electrons. The van der Waals surface area contributed by atoms with Crippen LogP contribution in [0.5, 0.6) is 5.75 Å². The van der Waals surface area contributed by atoms with Crippen molar-refractivity contribution in [2.24, 2.45) is 11.8 Å². The van der Waals surface area contributed by atoms with E-state index in [4.69, 9.17) is 4.74 Å². The third-order valence-electron chi connectivity index (χ3n) is 4.41. The van der Waals surface area contributed by atoms with E-state index in [0.29, 0.717) is 11.8 Å². The Labute approximate surface area is 96.2 Å². The minimum absolute atomic E-state index is 0.500. The fraction of sp³-hybridized carbons (Fsp3) is 0.571. The molecular weight excluding hydrogens is 200 g/mol. The molecule has 0 amide bonds. The Morgan fingerprint density at radius 2 is 2.00 bits per heavy atom. The molecule has 2 heteroatoms. The van der Waals surface area contributed by atoms with Gasteiger partial charge in [0.25, 0.3) is 0 Å². The molecular formula is C14H18O2. The van der Waals surface area contributed by atoms with Crippen molar-refractivity contribution in [1.29, 1.82) is 0 Å². The van der Waals surface area contributed by atoms with Crippen LogP contribution < -0.4 is 4.74 Å². The Hall–Kier alpha value is -1.02. The van der Waals surface area contributed by atoms with Crippen molar-refractivity contribution in [3.8, 4) is 5.75 Å². The smallest absolute Gasteiger partial charge is 0.122 e. The second kappa shape index (κ2) is 3.24. The molecule has 1 N–H and O–H groups in total. The van der Waals surface area contributed by atoms with Gasteiger partial charge in [0.05, 0.1) is 12.7 Å². The molecule has 0 aliphatic heterocycles. The van der Waals surface area contributed by atoms with Crippen LogP contribution in [0.2, 0.25) is 0 Å². The number of rotatable bonds is 2. The monoisotopic (exact) mass is 218 g/mol. The van der Waals surface area contributed by atoms with Gasteiger partial charge in [-0.3, -0.25) is 0 Å². The standard InChI is InChI=1S/C14H18O2/c1-9-6-7-10(8-13(9)16-2)14(15)11-4-3-5-12(11)14/h6-8,11-12,15H,3-5H2,1-2H3. The van der Waals surface area contributed by atoms with Gasteiger partial charge in [-0.2, -0.15) is 0 Å². The summed E-state index contributed by atoms with van der Waals surface area (Å²) in [5, 5.41) is 10.6. The Bertz CT molecular complexity index is 415. The van der Waals surface area contributed by atoms with Crippen molar-refractivity contribution in [2.45, 2.75) is 31.8 Å². The van der Waals surface area contributed by atoms with E-state index in [0.717, 1.165) is 16.9 Å². The molecule has 0 bridgehead atoms. The first-order valence-electron chi connectivity index (χ1n) is 6.05. The molecule has 86 valence electrons. The van der Waals surface area contributed by atoms with E-state index in [1.165, 1.54) is 19.3 Å². The Kier molecular flexibility index (Phi) is 2.05. The second-order valence-corrected chi connectivity index (χ2v) is 5.15. The van der Waals surface area contributed by atoms with Crippen molar-refractivity contribution < 1.29 is 9.84 Å². The highest BCUT2D eigenvalue weighted by Gasteiger charge is 2.66. The normalized spacial score (nSPS) is 35.9. The first-order chi connectivity index (χ1) is 7.67. The lowest BCUT2D eigenvalue weighted by molar-refractivity contribution is 0.105. The lowest BCUT2D eigenvalue weighted by atomic mass is 9.98. The number of aryl methyl sites for hydroxylation is 1. The Balaban J connectivity index is 1.96. The summed E-state index contributed by atoms with van der Waals surface area (Å²) in [6.07, 6.45) is 3.63. The lowest BCUT2D eigenvalue weighted by Crippen LogP contribution is -2.13. The zero-order valence-corrected chi connectivity index (χ0v) is 9.86. The fourth-order valence-electron chi connectivity index (χ4n) is 3.42. The summed E-state index contributed by atoms with van der Waals surface area (Å²) in [5.74, 6) is 1.88. The molecule has 0 heterocycles. The third kappa shape index (κ3) is 1.17. The van der Waals surface area contributed by atoms with Crippen molar-refractivity contribution in [3.05, 3.63) is 29.3 Å². The van der Waals surface area contributed by atoms with Gasteiger partial charge in [-0.05, 0) is 48.8 Å². The molecule has 0 saturated heterocycles. The van der Waals surface area contributed by atoms with Crippen LogP contribution in [0.15, 0.2) is 18.2 Å². The molecule has 3 rings (SSSR count). The lowest BCUT2D eigenvalue weighted by Gasteiger charge is -2.16. The Morgan fingerprint density at radius 3 is 2.62 bits per heavy atom. The molecule has 2 fully saturated rings. The van der Waals surface area contributed by atoms with Crippen LogP contribution in [0.1, 0.15) is 30.4 Å². The maximum atomic E-state index is 10.6. The maximum Gasteiger partial charge on any atom is 0.122 e. The number of ether oxygens (including phenoxy) is 1.